The molecule has 2 N–H and O–H groups in total. The second-order valence-electron chi connectivity index (χ2n) is 7.65. The maximum absolute atomic E-state index is 14.2. The molecule has 4 heterocycles. The van der Waals surface area contributed by atoms with Crippen LogP contribution in [0.3, 0.4) is 0 Å². The van der Waals surface area contributed by atoms with Crippen LogP contribution in [0.5, 0.6) is 0 Å². The summed E-state index contributed by atoms with van der Waals surface area (Å²) < 4.78 is 68.9. The molecule has 0 spiro atoms. The molecule has 15 heteroatoms. The number of nitrogens with zero attached hydrogens (tertiary/aromatic N) is 9. The van der Waals surface area contributed by atoms with Gasteiger partial charge in [-0.3, -0.25) is 0 Å². The second-order valence-corrected chi connectivity index (χ2v) is 7.65. The summed E-state index contributed by atoms with van der Waals surface area (Å²) >= 11 is 0. The molecule has 36 heavy (non-hydrogen) atoms. The van der Waals surface area contributed by atoms with E-state index in [0.717, 1.165) is 29.2 Å². The molecule has 184 valence electrons. The Morgan fingerprint density at radius 1 is 1.06 bits per heavy atom. The van der Waals surface area contributed by atoms with Crippen molar-refractivity contribution < 1.29 is 22.0 Å². The van der Waals surface area contributed by atoms with Gasteiger partial charge in [0, 0.05) is 24.0 Å². The van der Waals surface area contributed by atoms with Gasteiger partial charge in [-0.05, 0) is 18.6 Å². The van der Waals surface area contributed by atoms with Gasteiger partial charge < -0.3 is 5.73 Å². The quantitative estimate of drug-likeness (QED) is 0.360. The molecule has 1 aromatic carbocycles. The lowest BCUT2D eigenvalue weighted by Crippen LogP contribution is -2.13. The van der Waals surface area contributed by atoms with Gasteiger partial charge in [0.05, 0.1) is 17.6 Å². The zero-order valence-electron chi connectivity index (χ0n) is 18.3. The standard InChI is InChI=1S/C21H15F5N10/c1-2-14(13-8-35(34-32-13)15-4-3-11(22)5-12(15)23)36-19-16(18(27)30-9-31-19)17(33-36)10-6-28-20(29-7-10)21(24,25)26/h3-9,14H,2H2,1H3,(H2,27,30,31). The smallest absolute Gasteiger partial charge is 0.383 e. The summed E-state index contributed by atoms with van der Waals surface area (Å²) in [6.45, 7) is 1.83. The first kappa shape index (κ1) is 23.2. The summed E-state index contributed by atoms with van der Waals surface area (Å²) in [6.07, 6.45) is 0.384. The number of alkyl halides is 3. The Hall–Kier alpha value is -4.56. The molecule has 0 fully saturated rings. The van der Waals surface area contributed by atoms with Crippen LogP contribution in [0.15, 0.2) is 43.1 Å². The minimum Gasteiger partial charge on any atom is -0.383 e. The highest BCUT2D eigenvalue weighted by Gasteiger charge is 2.34. The Kier molecular flexibility index (Phi) is 5.53. The molecule has 0 aliphatic heterocycles. The Labute approximate surface area is 198 Å². The Bertz CT molecular complexity index is 1560. The average Bonchev–Trinajstić information content (AvgIpc) is 3.46. The summed E-state index contributed by atoms with van der Waals surface area (Å²) in [5, 5.41) is 12.9. The van der Waals surface area contributed by atoms with Crippen LogP contribution in [0, 0.1) is 11.6 Å². The van der Waals surface area contributed by atoms with Gasteiger partial charge in [-0.1, -0.05) is 12.1 Å². The Balaban J connectivity index is 1.61. The van der Waals surface area contributed by atoms with E-state index in [1.54, 1.807) is 0 Å². The minimum atomic E-state index is -4.70. The van der Waals surface area contributed by atoms with Gasteiger partial charge in [-0.2, -0.15) is 18.3 Å². The zero-order chi connectivity index (χ0) is 25.6. The van der Waals surface area contributed by atoms with E-state index in [1.165, 1.54) is 23.3 Å². The van der Waals surface area contributed by atoms with Crippen molar-refractivity contribution in [3.8, 4) is 16.9 Å². The number of fused-ring (bicyclic) bond motifs is 1. The molecule has 0 bridgehead atoms. The fraction of sp³-hybridized carbons (Fsp3) is 0.190. The van der Waals surface area contributed by atoms with E-state index in [1.807, 2.05) is 6.92 Å². The molecule has 10 nitrogen and oxygen atoms in total. The van der Waals surface area contributed by atoms with Gasteiger partial charge >= 0.3 is 6.18 Å². The zero-order valence-corrected chi connectivity index (χ0v) is 18.3. The predicted molar refractivity (Wildman–Crippen MR) is 115 cm³/mol. The number of nitrogen functional groups attached to an aromatic ring is 1. The number of hydrogen-bond donors (Lipinski definition) is 1. The summed E-state index contributed by atoms with van der Waals surface area (Å²) in [4.78, 5) is 15.0. The van der Waals surface area contributed by atoms with Crippen LogP contribution >= 0.6 is 0 Å². The normalized spacial score (nSPS) is 12.8. The van der Waals surface area contributed by atoms with E-state index in [2.05, 4.69) is 35.3 Å². The van der Waals surface area contributed by atoms with Gasteiger partial charge in [0.25, 0.3) is 0 Å². The van der Waals surface area contributed by atoms with E-state index < -0.39 is 29.7 Å². The van der Waals surface area contributed by atoms with Gasteiger partial charge in [0.2, 0.25) is 5.82 Å². The molecular formula is C21H15F5N10. The number of rotatable bonds is 5. The lowest BCUT2D eigenvalue weighted by atomic mass is 10.1. The van der Waals surface area contributed by atoms with Crippen LogP contribution in [0.1, 0.15) is 30.9 Å². The maximum atomic E-state index is 14.2. The highest BCUT2D eigenvalue weighted by Crippen LogP contribution is 2.34. The van der Waals surface area contributed by atoms with Gasteiger partial charge in [0.15, 0.2) is 11.5 Å². The minimum absolute atomic E-state index is 0.00973. The van der Waals surface area contributed by atoms with E-state index in [-0.39, 0.29) is 33.8 Å². The van der Waals surface area contributed by atoms with Crippen LogP contribution in [0.4, 0.5) is 27.8 Å². The first-order valence-corrected chi connectivity index (χ1v) is 10.4. The largest absolute Gasteiger partial charge is 0.451 e. The number of hydrogen-bond acceptors (Lipinski definition) is 8. The number of aromatic nitrogens is 9. The van der Waals surface area contributed by atoms with Crippen molar-refractivity contribution in [1.82, 2.24) is 44.7 Å². The first-order chi connectivity index (χ1) is 17.2. The van der Waals surface area contributed by atoms with Crippen LogP contribution in [-0.2, 0) is 6.18 Å². The summed E-state index contributed by atoms with van der Waals surface area (Å²) in [6, 6.07) is 2.47. The molecule has 0 amide bonds. The molecule has 4 aromatic heterocycles. The lowest BCUT2D eigenvalue weighted by molar-refractivity contribution is -0.144. The van der Waals surface area contributed by atoms with Crippen LogP contribution in [0.25, 0.3) is 28.0 Å². The topological polar surface area (TPSA) is 126 Å². The number of benzene rings is 1. The third-order valence-corrected chi connectivity index (χ3v) is 5.39. The molecule has 1 unspecified atom stereocenters. The molecule has 1 atom stereocenters. The van der Waals surface area contributed by atoms with Crippen molar-refractivity contribution in [2.45, 2.75) is 25.6 Å². The summed E-state index contributed by atoms with van der Waals surface area (Å²) in [5.41, 5.74) is 7.05. The van der Waals surface area contributed by atoms with E-state index >= 15 is 0 Å². The fourth-order valence-electron chi connectivity index (χ4n) is 3.73. The number of anilines is 1. The third-order valence-electron chi connectivity index (χ3n) is 5.39. The predicted octanol–water partition coefficient (Wildman–Crippen LogP) is 3.74. The molecular weight excluding hydrogens is 487 g/mol. The summed E-state index contributed by atoms with van der Waals surface area (Å²) in [7, 11) is 0. The SMILES string of the molecule is CCC(c1cn(-c2ccc(F)cc2F)nn1)n1nc(-c2cnc(C(F)(F)F)nc2)c2c(N)ncnc21. The first-order valence-electron chi connectivity index (χ1n) is 10.4. The lowest BCUT2D eigenvalue weighted by Gasteiger charge is -2.13. The molecule has 0 aliphatic carbocycles. The van der Waals surface area contributed by atoms with Crippen molar-refractivity contribution in [1.29, 1.82) is 0 Å². The van der Waals surface area contributed by atoms with Gasteiger partial charge in [-0.15, -0.1) is 5.10 Å². The second kappa shape index (κ2) is 8.58. The molecule has 0 saturated heterocycles. The van der Waals surface area contributed by atoms with Gasteiger partial charge in [0.1, 0.15) is 35.0 Å². The maximum Gasteiger partial charge on any atom is 0.451 e. The summed E-state index contributed by atoms with van der Waals surface area (Å²) in [5.74, 6) is -2.81. The average molecular weight is 502 g/mol. The highest BCUT2D eigenvalue weighted by atomic mass is 19.4. The van der Waals surface area contributed by atoms with Crippen LogP contribution in [0.2, 0.25) is 0 Å². The molecule has 5 rings (SSSR count). The van der Waals surface area contributed by atoms with E-state index in [0.29, 0.717) is 12.1 Å². The van der Waals surface area contributed by atoms with Crippen molar-refractivity contribution in [2.75, 3.05) is 5.73 Å². The fourth-order valence-corrected chi connectivity index (χ4v) is 3.73. The van der Waals surface area contributed by atoms with E-state index in [4.69, 9.17) is 5.73 Å². The Morgan fingerprint density at radius 3 is 2.47 bits per heavy atom. The van der Waals surface area contributed by atoms with Crippen molar-refractivity contribution in [3.05, 3.63) is 66.3 Å². The number of nitrogens with two attached hydrogens (primary N) is 1. The third kappa shape index (κ3) is 3.97. The highest BCUT2D eigenvalue weighted by molar-refractivity contribution is 5.98. The monoisotopic (exact) mass is 502 g/mol. The Morgan fingerprint density at radius 2 is 1.81 bits per heavy atom. The van der Waals surface area contributed by atoms with Crippen LogP contribution < -0.4 is 5.73 Å². The van der Waals surface area contributed by atoms with Crippen molar-refractivity contribution >= 4 is 16.9 Å². The molecule has 0 aliphatic rings. The van der Waals surface area contributed by atoms with Crippen molar-refractivity contribution in [3.63, 3.8) is 0 Å². The molecule has 5 aromatic rings. The van der Waals surface area contributed by atoms with Crippen molar-refractivity contribution in [2.24, 2.45) is 0 Å². The van der Waals surface area contributed by atoms with Gasteiger partial charge in [-0.25, -0.2) is 38.1 Å². The number of halogens is 5. The van der Waals surface area contributed by atoms with E-state index in [9.17, 15) is 22.0 Å². The van der Waals surface area contributed by atoms with Crippen LogP contribution in [-0.4, -0.2) is 44.7 Å². The molecule has 0 saturated carbocycles. The molecule has 0 radical (unpaired) electrons.